The molecule has 7 heteroatoms. The normalized spacial score (nSPS) is 20.0. The fourth-order valence-electron chi connectivity index (χ4n) is 2.17. The Morgan fingerprint density at radius 1 is 1.53 bits per heavy atom. The lowest BCUT2D eigenvalue weighted by molar-refractivity contribution is 0.579. The van der Waals surface area contributed by atoms with Gasteiger partial charge in [0.05, 0.1) is 4.90 Å². The van der Waals surface area contributed by atoms with E-state index in [1.165, 1.54) is 6.42 Å². The van der Waals surface area contributed by atoms with Crippen LogP contribution >= 0.6 is 11.8 Å². The van der Waals surface area contributed by atoms with Crippen molar-refractivity contribution in [2.45, 2.75) is 29.5 Å². The zero-order chi connectivity index (χ0) is 13.9. The maximum atomic E-state index is 12.2. The molecule has 1 aromatic heterocycles. The Morgan fingerprint density at radius 2 is 2.32 bits per heavy atom. The lowest BCUT2D eigenvalue weighted by Crippen LogP contribution is -2.29. The Labute approximate surface area is 119 Å². The summed E-state index contributed by atoms with van der Waals surface area (Å²) in [6, 6.07) is 1.72. The molecule has 0 amide bonds. The second-order valence-corrected chi connectivity index (χ2v) is 7.97. The van der Waals surface area contributed by atoms with Crippen molar-refractivity contribution in [1.82, 2.24) is 14.6 Å². The number of sulfonamides is 1. The fourth-order valence-corrected chi connectivity index (χ4v) is 4.65. The molecule has 1 saturated heterocycles. The first kappa shape index (κ1) is 14.9. The number of aryl methyl sites for hydroxylation is 1. The molecule has 2 rings (SSSR count). The van der Waals surface area contributed by atoms with Gasteiger partial charge in [0.15, 0.2) is 0 Å². The molecule has 1 unspecified atom stereocenters. The van der Waals surface area contributed by atoms with Crippen LogP contribution in [0.4, 0.5) is 0 Å². The molecule has 0 saturated carbocycles. The number of rotatable bonds is 6. The van der Waals surface area contributed by atoms with Crippen molar-refractivity contribution in [3.63, 3.8) is 0 Å². The van der Waals surface area contributed by atoms with Crippen molar-refractivity contribution in [2.24, 2.45) is 7.05 Å². The zero-order valence-corrected chi connectivity index (χ0v) is 13.0. The third-order valence-electron chi connectivity index (χ3n) is 3.28. The van der Waals surface area contributed by atoms with E-state index in [0.717, 1.165) is 17.9 Å². The molecule has 19 heavy (non-hydrogen) atoms. The highest BCUT2D eigenvalue weighted by atomic mass is 32.2. The van der Waals surface area contributed by atoms with Crippen molar-refractivity contribution >= 4 is 21.8 Å². The van der Waals surface area contributed by atoms with Gasteiger partial charge in [-0.15, -0.1) is 0 Å². The van der Waals surface area contributed by atoms with Gasteiger partial charge in [0.2, 0.25) is 10.0 Å². The van der Waals surface area contributed by atoms with E-state index in [2.05, 4.69) is 10.0 Å². The molecule has 0 aromatic carbocycles. The van der Waals surface area contributed by atoms with Gasteiger partial charge < -0.3 is 9.88 Å². The summed E-state index contributed by atoms with van der Waals surface area (Å²) in [6.45, 7) is 1.19. The predicted molar refractivity (Wildman–Crippen MR) is 78.8 cm³/mol. The fraction of sp³-hybridized carbons (Fsp3) is 0.667. The molecule has 0 aliphatic carbocycles. The summed E-state index contributed by atoms with van der Waals surface area (Å²) in [4.78, 5) is 0.350. The lowest BCUT2D eigenvalue weighted by Gasteiger charge is -2.09. The highest BCUT2D eigenvalue weighted by Gasteiger charge is 2.21. The lowest BCUT2D eigenvalue weighted by atomic mass is 10.2. The zero-order valence-electron chi connectivity index (χ0n) is 11.3. The van der Waals surface area contributed by atoms with Gasteiger partial charge in [-0.25, -0.2) is 13.1 Å². The van der Waals surface area contributed by atoms with Gasteiger partial charge in [-0.1, -0.05) is 0 Å². The summed E-state index contributed by atoms with van der Waals surface area (Å²) in [5.74, 6) is 1.14. The van der Waals surface area contributed by atoms with Crippen LogP contribution in [0.2, 0.25) is 0 Å². The van der Waals surface area contributed by atoms with Crippen LogP contribution in [0, 0.1) is 0 Å². The number of nitrogens with one attached hydrogen (secondary N) is 2. The van der Waals surface area contributed by atoms with E-state index in [1.807, 2.05) is 30.4 Å². The van der Waals surface area contributed by atoms with E-state index in [9.17, 15) is 8.42 Å². The second-order valence-electron chi connectivity index (χ2n) is 4.80. The molecule has 5 nitrogen and oxygen atoms in total. The number of nitrogens with zero attached hydrogens (tertiary/aromatic N) is 1. The minimum Gasteiger partial charge on any atom is -0.352 e. The maximum Gasteiger partial charge on any atom is 0.242 e. The summed E-state index contributed by atoms with van der Waals surface area (Å²) in [6.07, 6.45) is 3.96. The minimum absolute atomic E-state index is 0.350. The van der Waals surface area contributed by atoms with Gasteiger partial charge in [-0.2, -0.15) is 11.8 Å². The van der Waals surface area contributed by atoms with E-state index in [-0.39, 0.29) is 0 Å². The van der Waals surface area contributed by atoms with Crippen molar-refractivity contribution in [3.05, 3.63) is 18.0 Å². The van der Waals surface area contributed by atoms with E-state index < -0.39 is 10.0 Å². The largest absolute Gasteiger partial charge is 0.352 e. The molecule has 1 fully saturated rings. The van der Waals surface area contributed by atoms with Crippen LogP contribution in [0.25, 0.3) is 0 Å². The molecule has 2 N–H and O–H groups in total. The third-order valence-corrected chi connectivity index (χ3v) is 6.06. The van der Waals surface area contributed by atoms with Gasteiger partial charge in [0, 0.05) is 37.3 Å². The first-order valence-corrected chi connectivity index (χ1v) is 8.97. The average Bonchev–Trinajstić information content (AvgIpc) is 2.98. The SMILES string of the molecule is CNCc1cc(S(=O)(=O)NCC2CCCS2)cn1C. The standard InChI is InChI=1S/C12H21N3O2S2/c1-13-7-10-6-12(9-15(10)2)19(16,17)14-8-11-4-3-5-18-11/h6,9,11,13-14H,3-5,7-8H2,1-2H3. The Kier molecular flexibility index (Phi) is 4.94. The number of thioether (sulfide) groups is 1. The molecule has 1 atom stereocenters. The summed E-state index contributed by atoms with van der Waals surface area (Å²) < 4.78 is 29.0. The number of hydrogen-bond donors (Lipinski definition) is 2. The maximum absolute atomic E-state index is 12.2. The Balaban J connectivity index is 2.03. The highest BCUT2D eigenvalue weighted by molar-refractivity contribution is 8.00. The van der Waals surface area contributed by atoms with Crippen LogP contribution < -0.4 is 10.0 Å². The van der Waals surface area contributed by atoms with E-state index >= 15 is 0 Å². The van der Waals surface area contributed by atoms with Crippen LogP contribution in [-0.2, 0) is 23.6 Å². The molecular weight excluding hydrogens is 282 g/mol. The van der Waals surface area contributed by atoms with Gasteiger partial charge in [-0.3, -0.25) is 0 Å². The smallest absolute Gasteiger partial charge is 0.242 e. The first-order valence-electron chi connectivity index (χ1n) is 6.44. The van der Waals surface area contributed by atoms with Gasteiger partial charge in [0.25, 0.3) is 0 Å². The summed E-state index contributed by atoms with van der Waals surface area (Å²) in [5.41, 5.74) is 0.957. The van der Waals surface area contributed by atoms with Crippen LogP contribution in [0.15, 0.2) is 17.2 Å². The van der Waals surface area contributed by atoms with Gasteiger partial charge in [-0.05, 0) is 31.7 Å². The van der Waals surface area contributed by atoms with Crippen LogP contribution in [-0.4, -0.2) is 37.6 Å². The molecule has 0 bridgehead atoms. The molecule has 1 aliphatic heterocycles. The Hall–Kier alpha value is -0.500. The Bertz CT molecular complexity index is 519. The third kappa shape index (κ3) is 3.75. The summed E-state index contributed by atoms with van der Waals surface area (Å²) >= 11 is 1.85. The van der Waals surface area contributed by atoms with Gasteiger partial charge in [0.1, 0.15) is 0 Å². The number of hydrogen-bond acceptors (Lipinski definition) is 4. The van der Waals surface area contributed by atoms with Crippen molar-refractivity contribution in [3.8, 4) is 0 Å². The molecule has 2 heterocycles. The summed E-state index contributed by atoms with van der Waals surface area (Å²) in [7, 11) is 0.324. The van der Waals surface area contributed by atoms with Crippen LogP contribution in [0.1, 0.15) is 18.5 Å². The molecule has 0 spiro atoms. The van der Waals surface area contributed by atoms with E-state index in [4.69, 9.17) is 0 Å². The van der Waals surface area contributed by atoms with E-state index in [0.29, 0.717) is 23.2 Å². The van der Waals surface area contributed by atoms with Crippen LogP contribution in [0.5, 0.6) is 0 Å². The van der Waals surface area contributed by atoms with Crippen molar-refractivity contribution in [1.29, 1.82) is 0 Å². The minimum atomic E-state index is -3.38. The monoisotopic (exact) mass is 303 g/mol. The van der Waals surface area contributed by atoms with Crippen molar-refractivity contribution < 1.29 is 8.42 Å². The van der Waals surface area contributed by atoms with Gasteiger partial charge >= 0.3 is 0 Å². The first-order chi connectivity index (χ1) is 9.03. The molecule has 108 valence electrons. The van der Waals surface area contributed by atoms with Crippen LogP contribution in [0.3, 0.4) is 0 Å². The Morgan fingerprint density at radius 3 is 2.95 bits per heavy atom. The van der Waals surface area contributed by atoms with Crippen molar-refractivity contribution in [2.75, 3.05) is 19.3 Å². The molecule has 1 aliphatic rings. The molecule has 0 radical (unpaired) electrons. The topological polar surface area (TPSA) is 63.1 Å². The predicted octanol–water partition coefficient (Wildman–Crippen LogP) is 0.918. The molecule has 1 aromatic rings. The second kappa shape index (κ2) is 6.30. The average molecular weight is 303 g/mol. The summed E-state index contributed by atoms with van der Waals surface area (Å²) in [5, 5.41) is 3.45. The van der Waals surface area contributed by atoms with E-state index in [1.54, 1.807) is 12.3 Å². The molecular formula is C12H21N3O2S2. The quantitative estimate of drug-likeness (QED) is 0.820. The number of aromatic nitrogens is 1. The highest BCUT2D eigenvalue weighted by Crippen LogP contribution is 2.25.